The Balaban J connectivity index is 1.92. The minimum absolute atomic E-state index is 0.00645. The largest absolute Gasteiger partial charge is 0.385 e. The van der Waals surface area contributed by atoms with Gasteiger partial charge in [0.1, 0.15) is 0 Å². The Morgan fingerprint density at radius 3 is 2.93 bits per heavy atom. The van der Waals surface area contributed by atoms with Gasteiger partial charge in [0.05, 0.1) is 5.41 Å². The Kier molecular flexibility index (Phi) is 3.02. The van der Waals surface area contributed by atoms with Crippen molar-refractivity contribution in [2.24, 2.45) is 5.73 Å². The minimum atomic E-state index is 0.00645. The second-order valence-corrected chi connectivity index (χ2v) is 4.10. The molecule has 0 bridgehead atoms. The van der Waals surface area contributed by atoms with Crippen LogP contribution < -0.4 is 5.73 Å². The molecule has 1 fully saturated rings. The molecule has 1 aliphatic rings. The molecule has 1 aliphatic carbocycles. The summed E-state index contributed by atoms with van der Waals surface area (Å²) in [6, 6.07) is 0. The number of ether oxygens (including phenoxy) is 1. The van der Waals surface area contributed by atoms with Crippen LogP contribution in [-0.2, 0) is 16.6 Å². The van der Waals surface area contributed by atoms with Crippen LogP contribution in [0.5, 0.6) is 0 Å². The maximum absolute atomic E-state index is 5.68. The molecule has 0 amide bonds. The van der Waals surface area contributed by atoms with Crippen molar-refractivity contribution >= 4 is 0 Å². The first-order valence-electron chi connectivity index (χ1n) is 5.33. The lowest BCUT2D eigenvalue weighted by atomic mass is 10.1. The van der Waals surface area contributed by atoms with E-state index >= 15 is 0 Å². The summed E-state index contributed by atoms with van der Waals surface area (Å²) in [7, 11) is 1.69. The minimum Gasteiger partial charge on any atom is -0.385 e. The molecule has 0 radical (unpaired) electrons. The third kappa shape index (κ3) is 2.18. The van der Waals surface area contributed by atoms with E-state index in [9.17, 15) is 0 Å². The fourth-order valence-electron chi connectivity index (χ4n) is 1.60. The summed E-state index contributed by atoms with van der Waals surface area (Å²) in [5.41, 5.74) is 5.69. The highest BCUT2D eigenvalue weighted by Crippen LogP contribution is 2.46. The van der Waals surface area contributed by atoms with Gasteiger partial charge in [0.25, 0.3) is 0 Å². The van der Waals surface area contributed by atoms with Gasteiger partial charge in [-0.1, -0.05) is 5.16 Å². The van der Waals surface area contributed by atoms with E-state index in [0.29, 0.717) is 6.54 Å². The normalized spacial score (nSPS) is 18.0. The molecule has 2 N–H and O–H groups in total. The number of aryl methyl sites for hydroxylation is 1. The summed E-state index contributed by atoms with van der Waals surface area (Å²) < 4.78 is 10.2. The maximum Gasteiger partial charge on any atom is 0.234 e. The molecule has 0 aromatic carbocycles. The Morgan fingerprint density at radius 2 is 2.33 bits per heavy atom. The van der Waals surface area contributed by atoms with Crippen molar-refractivity contribution < 1.29 is 9.26 Å². The molecule has 1 aromatic heterocycles. The number of hydrogen-bond donors (Lipinski definition) is 1. The molecule has 1 saturated carbocycles. The summed E-state index contributed by atoms with van der Waals surface area (Å²) in [5.74, 6) is 1.49. The second kappa shape index (κ2) is 4.28. The molecule has 0 unspecified atom stereocenters. The van der Waals surface area contributed by atoms with Crippen molar-refractivity contribution in [1.82, 2.24) is 10.1 Å². The molecule has 84 valence electrons. The fraction of sp³-hybridized carbons (Fsp3) is 0.800. The standard InChI is InChI=1S/C10H17N3O2/c1-14-6-2-3-8-12-9(15-13-8)10(7-11)4-5-10/h2-7,11H2,1H3. The van der Waals surface area contributed by atoms with Gasteiger partial charge in [-0.2, -0.15) is 4.98 Å². The van der Waals surface area contributed by atoms with Crippen molar-refractivity contribution in [2.45, 2.75) is 31.1 Å². The van der Waals surface area contributed by atoms with E-state index in [1.54, 1.807) is 7.11 Å². The van der Waals surface area contributed by atoms with Gasteiger partial charge in [-0.25, -0.2) is 0 Å². The third-order valence-electron chi connectivity index (χ3n) is 2.91. The molecule has 5 heteroatoms. The number of aromatic nitrogens is 2. The smallest absolute Gasteiger partial charge is 0.234 e. The highest BCUT2D eigenvalue weighted by molar-refractivity contribution is 5.16. The highest BCUT2D eigenvalue weighted by atomic mass is 16.5. The van der Waals surface area contributed by atoms with Crippen LogP contribution in [0.4, 0.5) is 0 Å². The first-order chi connectivity index (χ1) is 7.30. The zero-order valence-corrected chi connectivity index (χ0v) is 9.03. The SMILES string of the molecule is COCCCc1noc(C2(CN)CC2)n1. The van der Waals surface area contributed by atoms with Crippen LogP contribution >= 0.6 is 0 Å². The summed E-state index contributed by atoms with van der Waals surface area (Å²) in [6.45, 7) is 1.33. The van der Waals surface area contributed by atoms with E-state index in [1.807, 2.05) is 0 Å². The van der Waals surface area contributed by atoms with Crippen LogP contribution in [0.1, 0.15) is 31.0 Å². The number of rotatable bonds is 6. The van der Waals surface area contributed by atoms with E-state index in [2.05, 4.69) is 10.1 Å². The van der Waals surface area contributed by atoms with Crippen LogP contribution in [-0.4, -0.2) is 30.4 Å². The van der Waals surface area contributed by atoms with E-state index in [4.69, 9.17) is 15.0 Å². The molecule has 5 nitrogen and oxygen atoms in total. The van der Waals surface area contributed by atoms with E-state index in [0.717, 1.165) is 44.0 Å². The summed E-state index contributed by atoms with van der Waals surface area (Å²) in [6.07, 6.45) is 3.87. The summed E-state index contributed by atoms with van der Waals surface area (Å²) in [4.78, 5) is 4.37. The van der Waals surface area contributed by atoms with Crippen molar-refractivity contribution in [3.63, 3.8) is 0 Å². The molecule has 0 saturated heterocycles. The van der Waals surface area contributed by atoms with Crippen molar-refractivity contribution in [2.75, 3.05) is 20.3 Å². The first-order valence-corrected chi connectivity index (χ1v) is 5.33. The zero-order chi connectivity index (χ0) is 10.7. The molecule has 1 aromatic rings. The molecule has 15 heavy (non-hydrogen) atoms. The molecular weight excluding hydrogens is 194 g/mol. The average Bonchev–Trinajstić information content (AvgIpc) is 2.92. The fourth-order valence-corrected chi connectivity index (χ4v) is 1.60. The van der Waals surface area contributed by atoms with Gasteiger partial charge in [0.15, 0.2) is 5.82 Å². The summed E-state index contributed by atoms with van der Waals surface area (Å²) in [5, 5.41) is 3.95. The van der Waals surface area contributed by atoms with Gasteiger partial charge in [-0.05, 0) is 19.3 Å². The van der Waals surface area contributed by atoms with Gasteiger partial charge in [0, 0.05) is 26.7 Å². The molecule has 0 spiro atoms. The van der Waals surface area contributed by atoms with E-state index in [-0.39, 0.29) is 5.41 Å². The number of methoxy groups -OCH3 is 1. The number of nitrogens with two attached hydrogens (primary N) is 1. The van der Waals surface area contributed by atoms with E-state index < -0.39 is 0 Å². The van der Waals surface area contributed by atoms with Gasteiger partial charge < -0.3 is 15.0 Å². The zero-order valence-electron chi connectivity index (χ0n) is 9.03. The molecule has 1 heterocycles. The van der Waals surface area contributed by atoms with Gasteiger partial charge in [-0.3, -0.25) is 0 Å². The monoisotopic (exact) mass is 211 g/mol. The Labute approximate surface area is 89.0 Å². The molecule has 0 atom stereocenters. The molecular formula is C10H17N3O2. The van der Waals surface area contributed by atoms with Crippen molar-refractivity contribution in [3.8, 4) is 0 Å². The van der Waals surface area contributed by atoms with Crippen LogP contribution in [0.3, 0.4) is 0 Å². The van der Waals surface area contributed by atoms with Crippen molar-refractivity contribution in [1.29, 1.82) is 0 Å². The van der Waals surface area contributed by atoms with Gasteiger partial charge in [0.2, 0.25) is 5.89 Å². The lowest BCUT2D eigenvalue weighted by molar-refractivity contribution is 0.194. The van der Waals surface area contributed by atoms with Crippen LogP contribution in [0, 0.1) is 0 Å². The predicted molar refractivity (Wildman–Crippen MR) is 54.5 cm³/mol. The first kappa shape index (κ1) is 10.6. The topological polar surface area (TPSA) is 74.2 Å². The number of nitrogens with zero attached hydrogens (tertiary/aromatic N) is 2. The maximum atomic E-state index is 5.68. The Hall–Kier alpha value is -0.940. The quantitative estimate of drug-likeness (QED) is 0.699. The average molecular weight is 211 g/mol. The van der Waals surface area contributed by atoms with Gasteiger partial charge >= 0.3 is 0 Å². The number of hydrogen-bond acceptors (Lipinski definition) is 5. The van der Waals surface area contributed by atoms with Crippen LogP contribution in [0.2, 0.25) is 0 Å². The van der Waals surface area contributed by atoms with E-state index in [1.165, 1.54) is 0 Å². The molecule has 0 aliphatic heterocycles. The lowest BCUT2D eigenvalue weighted by Gasteiger charge is -2.03. The molecule has 2 rings (SSSR count). The van der Waals surface area contributed by atoms with Crippen LogP contribution in [0.25, 0.3) is 0 Å². The predicted octanol–water partition coefficient (Wildman–Crippen LogP) is 0.639. The van der Waals surface area contributed by atoms with Crippen LogP contribution in [0.15, 0.2) is 4.52 Å². The Morgan fingerprint density at radius 1 is 1.53 bits per heavy atom. The second-order valence-electron chi connectivity index (χ2n) is 4.10. The van der Waals surface area contributed by atoms with Gasteiger partial charge in [-0.15, -0.1) is 0 Å². The lowest BCUT2D eigenvalue weighted by Crippen LogP contribution is -2.20. The van der Waals surface area contributed by atoms with Crippen molar-refractivity contribution in [3.05, 3.63) is 11.7 Å². The summed E-state index contributed by atoms with van der Waals surface area (Å²) >= 11 is 0. The highest BCUT2D eigenvalue weighted by Gasteiger charge is 2.48. The Bertz CT molecular complexity index is 320. The third-order valence-corrected chi connectivity index (χ3v) is 2.91.